The monoisotopic (exact) mass is 260 g/mol. The third-order valence-corrected chi connectivity index (χ3v) is 3.04. The maximum absolute atomic E-state index is 11.1. The number of hydrogen-bond donors (Lipinski definition) is 3. The van der Waals surface area contributed by atoms with E-state index in [4.69, 9.17) is 9.94 Å². The molecule has 0 aliphatic carbocycles. The minimum Gasteiger partial charge on any atom is -0.497 e. The number of carbonyl (C=O) groups excluding carboxylic acids is 1. The zero-order valence-electron chi connectivity index (χ0n) is 10.8. The molecule has 2 aromatic carbocycles. The maximum atomic E-state index is 11.1. The molecule has 0 fully saturated rings. The summed E-state index contributed by atoms with van der Waals surface area (Å²) in [6, 6.07) is 10.8. The minimum absolute atomic E-state index is 0.218. The van der Waals surface area contributed by atoms with Crippen LogP contribution in [0.15, 0.2) is 36.4 Å². The van der Waals surface area contributed by atoms with Crippen molar-refractivity contribution in [2.24, 2.45) is 0 Å². The van der Waals surface area contributed by atoms with Crippen LogP contribution in [0.2, 0.25) is 0 Å². The van der Waals surface area contributed by atoms with Crippen LogP contribution in [0.1, 0.15) is 18.5 Å². The van der Waals surface area contributed by atoms with E-state index in [1.165, 1.54) is 0 Å². The molecule has 1 atom stereocenters. The third-order valence-electron chi connectivity index (χ3n) is 3.04. The fourth-order valence-electron chi connectivity index (χ4n) is 2.10. The normalized spacial score (nSPS) is 11.9. The van der Waals surface area contributed by atoms with Gasteiger partial charge < -0.3 is 10.1 Å². The van der Waals surface area contributed by atoms with Crippen LogP contribution in [0.4, 0.5) is 4.79 Å². The smallest absolute Gasteiger partial charge is 0.338 e. The molecule has 0 saturated heterocycles. The summed E-state index contributed by atoms with van der Waals surface area (Å²) < 4.78 is 5.19. The average molecular weight is 260 g/mol. The van der Waals surface area contributed by atoms with Gasteiger partial charge in [0.15, 0.2) is 0 Å². The standard InChI is InChI=1S/C14H16N2O3/c1-9(15-14(17)16-18)12-5-3-4-10-8-11(19-2)6-7-13(10)12/h3-9,18H,1-2H3,(H2,15,16,17). The maximum Gasteiger partial charge on any atom is 0.338 e. The van der Waals surface area contributed by atoms with Gasteiger partial charge in [0, 0.05) is 0 Å². The second kappa shape index (κ2) is 5.58. The first-order valence-corrected chi connectivity index (χ1v) is 5.93. The van der Waals surface area contributed by atoms with Crippen LogP contribution in [0.25, 0.3) is 10.8 Å². The van der Waals surface area contributed by atoms with Crippen molar-refractivity contribution < 1.29 is 14.7 Å². The van der Waals surface area contributed by atoms with E-state index in [0.29, 0.717) is 0 Å². The van der Waals surface area contributed by atoms with Crippen LogP contribution in [0.3, 0.4) is 0 Å². The molecule has 2 aromatic rings. The molecule has 100 valence electrons. The highest BCUT2D eigenvalue weighted by molar-refractivity contribution is 5.88. The molecule has 0 spiro atoms. The molecule has 5 nitrogen and oxygen atoms in total. The first kappa shape index (κ1) is 13.2. The molecule has 3 N–H and O–H groups in total. The lowest BCUT2D eigenvalue weighted by Crippen LogP contribution is -2.35. The lowest BCUT2D eigenvalue weighted by atomic mass is 9.99. The van der Waals surface area contributed by atoms with E-state index in [9.17, 15) is 4.79 Å². The topological polar surface area (TPSA) is 70.6 Å². The Morgan fingerprint density at radius 3 is 2.79 bits per heavy atom. The third kappa shape index (κ3) is 2.77. The number of hydrogen-bond acceptors (Lipinski definition) is 3. The van der Waals surface area contributed by atoms with Gasteiger partial charge in [-0.3, -0.25) is 5.21 Å². The largest absolute Gasteiger partial charge is 0.497 e. The highest BCUT2D eigenvalue weighted by atomic mass is 16.5. The number of rotatable bonds is 3. The van der Waals surface area contributed by atoms with Gasteiger partial charge in [-0.05, 0) is 35.4 Å². The molecular weight excluding hydrogens is 244 g/mol. The van der Waals surface area contributed by atoms with Gasteiger partial charge in [-0.1, -0.05) is 24.3 Å². The Balaban J connectivity index is 2.40. The molecule has 0 heterocycles. The molecule has 2 rings (SSSR count). The predicted octanol–water partition coefficient (Wildman–Crippen LogP) is 2.60. The summed E-state index contributed by atoms with van der Waals surface area (Å²) in [4.78, 5) is 11.1. The van der Waals surface area contributed by atoms with Crippen molar-refractivity contribution in [1.82, 2.24) is 10.8 Å². The molecule has 0 radical (unpaired) electrons. The van der Waals surface area contributed by atoms with E-state index < -0.39 is 6.03 Å². The number of hydroxylamine groups is 1. The molecule has 0 aliphatic heterocycles. The molecular formula is C14H16N2O3. The van der Waals surface area contributed by atoms with Crippen molar-refractivity contribution in [1.29, 1.82) is 0 Å². The first-order valence-electron chi connectivity index (χ1n) is 5.93. The number of ether oxygens (including phenoxy) is 1. The molecule has 0 bridgehead atoms. The van der Waals surface area contributed by atoms with E-state index in [-0.39, 0.29) is 6.04 Å². The molecule has 0 aromatic heterocycles. The Morgan fingerprint density at radius 2 is 2.11 bits per heavy atom. The van der Waals surface area contributed by atoms with Gasteiger partial charge >= 0.3 is 6.03 Å². The molecule has 0 saturated carbocycles. The van der Waals surface area contributed by atoms with Gasteiger partial charge in [0.05, 0.1) is 13.2 Å². The zero-order valence-corrected chi connectivity index (χ0v) is 10.8. The van der Waals surface area contributed by atoms with Crippen molar-refractivity contribution in [2.45, 2.75) is 13.0 Å². The number of fused-ring (bicyclic) bond motifs is 1. The van der Waals surface area contributed by atoms with Crippen molar-refractivity contribution in [2.75, 3.05) is 7.11 Å². The van der Waals surface area contributed by atoms with Crippen LogP contribution in [-0.4, -0.2) is 18.3 Å². The number of urea groups is 1. The van der Waals surface area contributed by atoms with Gasteiger partial charge in [-0.15, -0.1) is 0 Å². The van der Waals surface area contributed by atoms with E-state index in [1.807, 2.05) is 43.3 Å². The Hall–Kier alpha value is -2.27. The summed E-state index contributed by atoms with van der Waals surface area (Å²) in [5.41, 5.74) is 2.54. The Morgan fingerprint density at radius 1 is 1.32 bits per heavy atom. The summed E-state index contributed by atoms with van der Waals surface area (Å²) >= 11 is 0. The second-order valence-corrected chi connectivity index (χ2v) is 4.24. The highest BCUT2D eigenvalue weighted by Crippen LogP contribution is 2.27. The molecule has 1 unspecified atom stereocenters. The molecule has 5 heteroatoms. The summed E-state index contributed by atoms with van der Waals surface area (Å²) in [7, 11) is 1.63. The number of benzene rings is 2. The first-order chi connectivity index (χ1) is 9.15. The van der Waals surface area contributed by atoms with Crippen LogP contribution < -0.4 is 15.5 Å². The van der Waals surface area contributed by atoms with Gasteiger partial charge in [0.2, 0.25) is 0 Å². The highest BCUT2D eigenvalue weighted by Gasteiger charge is 2.11. The van der Waals surface area contributed by atoms with E-state index in [0.717, 1.165) is 22.1 Å². The summed E-state index contributed by atoms with van der Waals surface area (Å²) in [5.74, 6) is 0.790. The lowest BCUT2D eigenvalue weighted by molar-refractivity contribution is 0.159. The van der Waals surface area contributed by atoms with Crippen LogP contribution >= 0.6 is 0 Å². The fourth-order valence-corrected chi connectivity index (χ4v) is 2.10. The number of amides is 2. The molecule has 2 amide bonds. The summed E-state index contributed by atoms with van der Waals surface area (Å²) in [6.07, 6.45) is 0. The van der Waals surface area contributed by atoms with Gasteiger partial charge in [-0.2, -0.15) is 0 Å². The number of methoxy groups -OCH3 is 1. The quantitative estimate of drug-likeness (QED) is 0.587. The zero-order chi connectivity index (χ0) is 13.8. The fraction of sp³-hybridized carbons (Fsp3) is 0.214. The van der Waals surface area contributed by atoms with Crippen LogP contribution in [0, 0.1) is 0 Å². The van der Waals surface area contributed by atoms with Crippen LogP contribution in [0.5, 0.6) is 5.75 Å². The van der Waals surface area contributed by atoms with E-state index >= 15 is 0 Å². The second-order valence-electron chi connectivity index (χ2n) is 4.24. The number of nitrogens with one attached hydrogen (secondary N) is 2. The average Bonchev–Trinajstić information content (AvgIpc) is 2.45. The Labute approximate surface area is 111 Å². The SMILES string of the molecule is COc1ccc2c(C(C)NC(=O)NO)cccc2c1. The molecule has 19 heavy (non-hydrogen) atoms. The molecule has 0 aliphatic rings. The van der Waals surface area contributed by atoms with Crippen molar-refractivity contribution >= 4 is 16.8 Å². The lowest BCUT2D eigenvalue weighted by Gasteiger charge is -2.16. The Bertz CT molecular complexity index is 598. The van der Waals surface area contributed by atoms with E-state index in [2.05, 4.69) is 5.32 Å². The minimum atomic E-state index is -0.627. The van der Waals surface area contributed by atoms with Gasteiger partial charge in [0.1, 0.15) is 5.75 Å². The van der Waals surface area contributed by atoms with Gasteiger partial charge in [0.25, 0.3) is 0 Å². The van der Waals surface area contributed by atoms with Gasteiger partial charge in [-0.25, -0.2) is 10.3 Å². The predicted molar refractivity (Wildman–Crippen MR) is 72.4 cm³/mol. The number of carbonyl (C=O) groups is 1. The summed E-state index contributed by atoms with van der Waals surface area (Å²) in [6.45, 7) is 1.86. The van der Waals surface area contributed by atoms with Crippen molar-refractivity contribution in [3.8, 4) is 5.75 Å². The van der Waals surface area contributed by atoms with Crippen molar-refractivity contribution in [3.63, 3.8) is 0 Å². The van der Waals surface area contributed by atoms with Crippen molar-refractivity contribution in [3.05, 3.63) is 42.0 Å². The van der Waals surface area contributed by atoms with Crippen LogP contribution in [-0.2, 0) is 0 Å². The summed E-state index contributed by atoms with van der Waals surface area (Å²) in [5, 5.41) is 13.2. The van der Waals surface area contributed by atoms with E-state index in [1.54, 1.807) is 12.6 Å². The Kier molecular flexibility index (Phi) is 3.87.